The van der Waals surface area contributed by atoms with E-state index >= 15 is 0 Å². The molecule has 0 unspecified atom stereocenters. The average molecular weight is 264 g/mol. The number of carbonyl (C=O) groups is 2. The van der Waals surface area contributed by atoms with E-state index in [4.69, 9.17) is 0 Å². The van der Waals surface area contributed by atoms with Crippen molar-refractivity contribution in [1.82, 2.24) is 20.4 Å². The number of aromatic nitrogens is 2. The van der Waals surface area contributed by atoms with E-state index < -0.39 is 0 Å². The first-order chi connectivity index (χ1) is 8.95. The van der Waals surface area contributed by atoms with Gasteiger partial charge in [-0.1, -0.05) is 20.4 Å². The summed E-state index contributed by atoms with van der Waals surface area (Å²) in [6.45, 7) is 7.88. The summed E-state index contributed by atoms with van der Waals surface area (Å²) in [6, 6.07) is 0. The van der Waals surface area contributed by atoms with E-state index in [0.29, 0.717) is 12.5 Å². The van der Waals surface area contributed by atoms with Crippen LogP contribution in [-0.4, -0.2) is 40.5 Å². The van der Waals surface area contributed by atoms with Gasteiger partial charge in [0.2, 0.25) is 11.8 Å². The minimum atomic E-state index is -0.278. The molecule has 0 aromatic carbocycles. The molecule has 0 bridgehead atoms. The second-order valence-electron chi connectivity index (χ2n) is 4.63. The first-order valence-electron chi connectivity index (χ1n) is 6.12. The number of aromatic amines is 1. The molecule has 0 saturated heterocycles. The van der Waals surface area contributed by atoms with Crippen LogP contribution in [0.4, 0.5) is 0 Å². The quantitative estimate of drug-likeness (QED) is 0.746. The molecule has 1 aromatic rings. The Balaban J connectivity index is 2.48. The fourth-order valence-electron chi connectivity index (χ4n) is 1.65. The molecule has 1 heterocycles. The zero-order valence-electron chi connectivity index (χ0n) is 11.6. The van der Waals surface area contributed by atoms with Gasteiger partial charge in [-0.05, 0) is 17.6 Å². The largest absolute Gasteiger partial charge is 0.349 e. The Morgan fingerprint density at radius 1 is 1.58 bits per heavy atom. The Kier molecular flexibility index (Phi) is 5.29. The van der Waals surface area contributed by atoms with Gasteiger partial charge in [-0.15, -0.1) is 0 Å². The summed E-state index contributed by atoms with van der Waals surface area (Å²) < 4.78 is 0. The van der Waals surface area contributed by atoms with Crippen LogP contribution >= 0.6 is 0 Å². The van der Waals surface area contributed by atoms with Crippen LogP contribution in [0.15, 0.2) is 18.9 Å². The first-order valence-corrected chi connectivity index (χ1v) is 6.12. The van der Waals surface area contributed by atoms with Crippen molar-refractivity contribution in [2.75, 3.05) is 13.6 Å². The van der Waals surface area contributed by atoms with E-state index in [1.807, 2.05) is 0 Å². The Bertz CT molecular complexity index is 465. The second-order valence-corrected chi connectivity index (χ2v) is 4.63. The van der Waals surface area contributed by atoms with Crippen molar-refractivity contribution in [3.63, 3.8) is 0 Å². The predicted molar refractivity (Wildman–Crippen MR) is 72.4 cm³/mol. The van der Waals surface area contributed by atoms with Crippen LogP contribution in [0.3, 0.4) is 0 Å². The number of amides is 2. The Morgan fingerprint density at radius 3 is 2.84 bits per heavy atom. The number of nitrogens with zero attached hydrogens (tertiary/aromatic N) is 2. The third kappa shape index (κ3) is 4.24. The SMILES string of the molecule is C=CC(=O)N(C)CC(=O)NCc1[nH]ncc1C(C)C. The van der Waals surface area contributed by atoms with Gasteiger partial charge in [-0.2, -0.15) is 5.10 Å². The summed E-state index contributed by atoms with van der Waals surface area (Å²) in [6.07, 6.45) is 2.94. The van der Waals surface area contributed by atoms with Crippen LogP contribution in [-0.2, 0) is 16.1 Å². The van der Waals surface area contributed by atoms with Gasteiger partial charge in [0.05, 0.1) is 25.0 Å². The summed E-state index contributed by atoms with van der Waals surface area (Å²) in [7, 11) is 1.55. The molecule has 0 spiro atoms. The lowest BCUT2D eigenvalue weighted by Gasteiger charge is -2.14. The van der Waals surface area contributed by atoms with E-state index in [2.05, 4.69) is 35.9 Å². The van der Waals surface area contributed by atoms with E-state index in [9.17, 15) is 9.59 Å². The summed E-state index contributed by atoms with van der Waals surface area (Å²) >= 11 is 0. The molecule has 1 aromatic heterocycles. The van der Waals surface area contributed by atoms with Crippen LogP contribution in [0.2, 0.25) is 0 Å². The molecule has 0 aliphatic heterocycles. The third-order valence-electron chi connectivity index (χ3n) is 2.77. The van der Waals surface area contributed by atoms with Crippen LogP contribution in [0.25, 0.3) is 0 Å². The molecule has 0 fully saturated rings. The molecular weight excluding hydrogens is 244 g/mol. The molecule has 1 rings (SSSR count). The van der Waals surface area contributed by atoms with Crippen LogP contribution in [0.5, 0.6) is 0 Å². The Hall–Kier alpha value is -2.11. The number of hydrogen-bond acceptors (Lipinski definition) is 3. The van der Waals surface area contributed by atoms with Gasteiger partial charge in [0.1, 0.15) is 0 Å². The highest BCUT2D eigenvalue weighted by molar-refractivity contribution is 5.90. The number of likely N-dealkylation sites (N-methyl/N-ethyl adjacent to an activating group) is 1. The molecule has 19 heavy (non-hydrogen) atoms. The number of hydrogen-bond donors (Lipinski definition) is 2. The Labute approximate surface area is 112 Å². The van der Waals surface area contributed by atoms with Gasteiger partial charge in [-0.25, -0.2) is 0 Å². The van der Waals surface area contributed by atoms with Crippen LogP contribution in [0.1, 0.15) is 31.0 Å². The highest BCUT2D eigenvalue weighted by atomic mass is 16.2. The summed E-state index contributed by atoms with van der Waals surface area (Å²) in [4.78, 5) is 24.2. The molecule has 0 atom stereocenters. The molecule has 2 amide bonds. The van der Waals surface area contributed by atoms with E-state index in [0.717, 1.165) is 11.3 Å². The molecule has 6 heteroatoms. The van der Waals surface area contributed by atoms with Crippen molar-refractivity contribution in [3.8, 4) is 0 Å². The van der Waals surface area contributed by atoms with E-state index in [1.54, 1.807) is 13.2 Å². The van der Waals surface area contributed by atoms with E-state index in [-0.39, 0.29) is 18.4 Å². The van der Waals surface area contributed by atoms with Crippen molar-refractivity contribution in [2.45, 2.75) is 26.3 Å². The number of H-pyrrole nitrogens is 1. The van der Waals surface area contributed by atoms with Crippen molar-refractivity contribution >= 4 is 11.8 Å². The standard InChI is InChI=1S/C13H20N4O2/c1-5-13(19)17(4)8-12(18)14-7-11-10(9(2)3)6-15-16-11/h5-6,9H,1,7-8H2,2-4H3,(H,14,18)(H,15,16). The van der Waals surface area contributed by atoms with Crippen molar-refractivity contribution in [1.29, 1.82) is 0 Å². The minimum Gasteiger partial charge on any atom is -0.349 e. The van der Waals surface area contributed by atoms with Crippen molar-refractivity contribution in [3.05, 3.63) is 30.1 Å². The highest BCUT2D eigenvalue weighted by Crippen LogP contribution is 2.16. The van der Waals surface area contributed by atoms with Gasteiger partial charge in [0.15, 0.2) is 0 Å². The zero-order valence-corrected chi connectivity index (χ0v) is 11.6. The number of carbonyl (C=O) groups excluding carboxylic acids is 2. The molecule has 2 N–H and O–H groups in total. The normalized spacial score (nSPS) is 10.3. The molecule has 6 nitrogen and oxygen atoms in total. The Morgan fingerprint density at radius 2 is 2.26 bits per heavy atom. The van der Waals surface area contributed by atoms with Gasteiger partial charge in [0, 0.05) is 7.05 Å². The molecule has 0 radical (unpaired) electrons. The predicted octanol–water partition coefficient (Wildman–Crippen LogP) is 0.794. The average Bonchev–Trinajstić information content (AvgIpc) is 2.83. The second kappa shape index (κ2) is 6.72. The van der Waals surface area contributed by atoms with Crippen LogP contribution < -0.4 is 5.32 Å². The maximum atomic E-state index is 11.7. The number of nitrogens with one attached hydrogen (secondary N) is 2. The monoisotopic (exact) mass is 264 g/mol. The topological polar surface area (TPSA) is 78.1 Å². The fourth-order valence-corrected chi connectivity index (χ4v) is 1.65. The lowest BCUT2D eigenvalue weighted by molar-refractivity contribution is -0.131. The summed E-state index contributed by atoms with van der Waals surface area (Å²) in [5, 5.41) is 9.59. The maximum Gasteiger partial charge on any atom is 0.246 e. The van der Waals surface area contributed by atoms with Crippen molar-refractivity contribution < 1.29 is 9.59 Å². The molecule has 0 saturated carbocycles. The van der Waals surface area contributed by atoms with Crippen LogP contribution in [0, 0.1) is 0 Å². The van der Waals surface area contributed by atoms with Gasteiger partial charge < -0.3 is 10.2 Å². The number of rotatable bonds is 6. The summed E-state index contributed by atoms with van der Waals surface area (Å²) in [5.74, 6) is -0.155. The molecule has 104 valence electrons. The minimum absolute atomic E-state index is 0.00992. The smallest absolute Gasteiger partial charge is 0.246 e. The third-order valence-corrected chi connectivity index (χ3v) is 2.77. The summed E-state index contributed by atoms with van der Waals surface area (Å²) in [5.41, 5.74) is 1.97. The molecule has 0 aliphatic carbocycles. The first kappa shape index (κ1) is 14.9. The van der Waals surface area contributed by atoms with Crippen molar-refractivity contribution in [2.24, 2.45) is 0 Å². The zero-order chi connectivity index (χ0) is 14.4. The van der Waals surface area contributed by atoms with E-state index in [1.165, 1.54) is 11.0 Å². The highest BCUT2D eigenvalue weighted by Gasteiger charge is 2.12. The molecule has 0 aliphatic rings. The lowest BCUT2D eigenvalue weighted by Crippen LogP contribution is -2.37. The fraction of sp³-hybridized carbons (Fsp3) is 0.462. The van der Waals surface area contributed by atoms with Gasteiger partial charge in [0.25, 0.3) is 0 Å². The van der Waals surface area contributed by atoms with Gasteiger partial charge >= 0.3 is 0 Å². The maximum absolute atomic E-state index is 11.7. The lowest BCUT2D eigenvalue weighted by atomic mass is 10.0. The molecular formula is C13H20N4O2. The van der Waals surface area contributed by atoms with Gasteiger partial charge in [-0.3, -0.25) is 14.7 Å².